The van der Waals surface area contributed by atoms with E-state index in [1.165, 1.54) is 0 Å². The lowest BCUT2D eigenvalue weighted by Crippen LogP contribution is -2.41. The van der Waals surface area contributed by atoms with Gasteiger partial charge in [-0.25, -0.2) is 9.98 Å². The Labute approximate surface area is 359 Å². The zero-order valence-corrected chi connectivity index (χ0v) is 36.4. The van der Waals surface area contributed by atoms with Crippen LogP contribution in [0.1, 0.15) is 85.7 Å². The van der Waals surface area contributed by atoms with Gasteiger partial charge in [-0.05, 0) is 80.8 Å². The first-order chi connectivity index (χ1) is 29.7. The Kier molecular flexibility index (Phi) is 14.1. The fourth-order valence-corrected chi connectivity index (χ4v) is 10.9. The van der Waals surface area contributed by atoms with E-state index in [1.807, 2.05) is 89.5 Å². The summed E-state index contributed by atoms with van der Waals surface area (Å²) in [6.07, 6.45) is 2.54. The molecular weight excluding hydrogens is 790 g/mol. The van der Waals surface area contributed by atoms with Crippen molar-refractivity contribution in [1.29, 1.82) is 5.26 Å². The maximum atomic E-state index is 13.2. The third-order valence-corrected chi connectivity index (χ3v) is 13.9. The topological polar surface area (TPSA) is 144 Å². The molecule has 5 atom stereocenters. The number of nitrogens with one attached hydrogen (secondary N) is 2. The van der Waals surface area contributed by atoms with Crippen LogP contribution >= 0.6 is 8.30 Å². The molecule has 1 amide bonds. The number of nitriles is 1. The largest absolute Gasteiger partial charge is 0.497 e. The predicted octanol–water partition coefficient (Wildman–Crippen LogP) is 8.62. The fourth-order valence-electron chi connectivity index (χ4n) is 8.20. The molecule has 14 heteroatoms. The molecule has 1 fully saturated rings. The summed E-state index contributed by atoms with van der Waals surface area (Å²) in [5, 5.41) is 15.8. The van der Waals surface area contributed by atoms with E-state index in [-0.39, 0.29) is 43.3 Å². The molecule has 0 aliphatic carbocycles. The number of methoxy groups -OCH3 is 2. The fraction of sp³-hybridized carbons (Fsp3) is 0.362. The van der Waals surface area contributed by atoms with Gasteiger partial charge in [-0.3, -0.25) is 14.0 Å². The zero-order chi connectivity index (χ0) is 42.9. The number of amides is 1. The monoisotopic (exact) mass is 843 g/mol. The third-order valence-electron chi connectivity index (χ3n) is 11.0. The van der Waals surface area contributed by atoms with E-state index in [2.05, 4.69) is 61.2 Å². The number of rotatable bonds is 18. The minimum absolute atomic E-state index is 0.140. The highest BCUT2D eigenvalue weighted by Gasteiger charge is 2.48. The van der Waals surface area contributed by atoms with Crippen molar-refractivity contribution in [1.82, 2.24) is 24.9 Å². The highest BCUT2D eigenvalue weighted by Crippen LogP contribution is 2.57. The minimum Gasteiger partial charge on any atom is -0.497 e. The Bertz CT molecular complexity index is 2210. The molecule has 4 aromatic carbocycles. The lowest BCUT2D eigenvalue weighted by molar-refractivity contribution is -0.0759. The predicted molar refractivity (Wildman–Crippen MR) is 236 cm³/mol. The average molecular weight is 844 g/mol. The van der Waals surface area contributed by atoms with Crippen LogP contribution < -0.4 is 20.1 Å². The summed E-state index contributed by atoms with van der Waals surface area (Å²) in [4.78, 5) is 22.7. The van der Waals surface area contributed by atoms with Crippen molar-refractivity contribution >= 4 is 26.4 Å². The van der Waals surface area contributed by atoms with Gasteiger partial charge in [0.1, 0.15) is 43.5 Å². The maximum absolute atomic E-state index is 13.2. The molecule has 7 rings (SSSR count). The maximum Gasteiger partial charge on any atom is 0.253 e. The summed E-state index contributed by atoms with van der Waals surface area (Å²) < 4.78 is 36.9. The standard InChI is InChI=1S/C47H54N7O6P/c1-32(2)54(33(3)4)61(59-27-13-26-48)41-28-42(53-31-51-43-44(49-30-50-45(43)53)52-46(55)34-14-9-7-10-15-34)60-40(41)29-58-47(35-16-11-8-12-17-35,36-18-22-38(56-5)23-19-36)37-20-24-39(57-6)25-21-37/h7-12,14-25,30-33,40-42,44H,13,27-29H2,1-6H3,(H,49,50)(H,52,55)/t40-,41+,42-,44?,61?/m1/s1. The number of aromatic nitrogens is 2. The van der Waals surface area contributed by atoms with Crippen molar-refractivity contribution in [3.8, 4) is 17.6 Å². The van der Waals surface area contributed by atoms with Crippen molar-refractivity contribution in [3.63, 3.8) is 0 Å². The van der Waals surface area contributed by atoms with E-state index in [0.717, 1.165) is 28.2 Å². The van der Waals surface area contributed by atoms with Crippen molar-refractivity contribution < 1.29 is 28.3 Å². The molecule has 2 N–H and O–H groups in total. The van der Waals surface area contributed by atoms with Gasteiger partial charge in [0, 0.05) is 24.1 Å². The second kappa shape index (κ2) is 19.8. The molecule has 1 saturated heterocycles. The van der Waals surface area contributed by atoms with Crippen LogP contribution in [0, 0.1) is 11.3 Å². The van der Waals surface area contributed by atoms with Gasteiger partial charge < -0.3 is 34.1 Å². The van der Waals surface area contributed by atoms with E-state index >= 15 is 0 Å². The molecule has 318 valence electrons. The second-order valence-corrected chi connectivity index (χ2v) is 17.4. The van der Waals surface area contributed by atoms with Crippen molar-refractivity contribution in [2.45, 2.75) is 82.4 Å². The molecule has 0 saturated carbocycles. The van der Waals surface area contributed by atoms with Gasteiger partial charge in [0.05, 0.1) is 64.4 Å². The molecule has 0 radical (unpaired) electrons. The number of hydrogen-bond donors (Lipinski definition) is 2. The smallest absolute Gasteiger partial charge is 0.253 e. The molecule has 0 bridgehead atoms. The van der Waals surface area contributed by atoms with Crippen LogP contribution in [0.5, 0.6) is 11.5 Å². The first kappa shape index (κ1) is 43.5. The minimum atomic E-state index is -1.34. The van der Waals surface area contributed by atoms with Gasteiger partial charge in [-0.1, -0.05) is 72.8 Å². The van der Waals surface area contributed by atoms with Crippen LogP contribution in [-0.2, 0) is 19.6 Å². The summed E-state index contributed by atoms with van der Waals surface area (Å²) in [6.45, 7) is 9.16. The molecular formula is C47H54N7O6P. The molecule has 0 spiro atoms. The summed E-state index contributed by atoms with van der Waals surface area (Å²) >= 11 is 0. The Hall–Kier alpha value is -5.61. The summed E-state index contributed by atoms with van der Waals surface area (Å²) in [5.41, 5.74) is 2.61. The quantitative estimate of drug-likeness (QED) is 0.0500. The van der Waals surface area contributed by atoms with Gasteiger partial charge in [0.25, 0.3) is 5.91 Å². The van der Waals surface area contributed by atoms with Gasteiger partial charge in [-0.2, -0.15) is 5.26 Å². The Morgan fingerprint density at radius 1 is 0.918 bits per heavy atom. The number of imidazole rings is 1. The van der Waals surface area contributed by atoms with Gasteiger partial charge in [0.15, 0.2) is 5.82 Å². The van der Waals surface area contributed by atoms with Crippen LogP contribution in [0.3, 0.4) is 0 Å². The SMILES string of the molecule is COc1ccc(C(OC[C@H]2O[C@@H](n3cnc4c3N=CNC4NC(=O)c3ccccc3)C[C@@H]2P(OCCC#N)N(C(C)C)C(C)C)(c2ccccc2)c2ccc(OC)cc2)cc1. The molecule has 61 heavy (non-hydrogen) atoms. The molecule has 1 aromatic heterocycles. The highest BCUT2D eigenvalue weighted by atomic mass is 31.2. The van der Waals surface area contributed by atoms with E-state index in [0.29, 0.717) is 23.5 Å². The van der Waals surface area contributed by atoms with E-state index in [9.17, 15) is 10.1 Å². The van der Waals surface area contributed by atoms with E-state index in [1.54, 1.807) is 39.0 Å². The third kappa shape index (κ3) is 9.35. The van der Waals surface area contributed by atoms with Crippen molar-refractivity contribution in [3.05, 3.63) is 143 Å². The normalized spacial score (nSPS) is 19.0. The van der Waals surface area contributed by atoms with Crippen LogP contribution in [-0.4, -0.2) is 77.7 Å². The van der Waals surface area contributed by atoms with Crippen LogP contribution in [0.25, 0.3) is 0 Å². The van der Waals surface area contributed by atoms with E-state index < -0.39 is 32.4 Å². The summed E-state index contributed by atoms with van der Waals surface area (Å²) in [6, 6.07) is 37.8. The number of hydrogen-bond acceptors (Lipinski definition) is 11. The summed E-state index contributed by atoms with van der Waals surface area (Å²) in [5.74, 6) is 1.81. The Morgan fingerprint density at radius 3 is 2.08 bits per heavy atom. The van der Waals surface area contributed by atoms with Crippen LogP contribution in [0.4, 0.5) is 5.82 Å². The molecule has 2 unspecified atom stereocenters. The van der Waals surface area contributed by atoms with Crippen LogP contribution in [0.15, 0.2) is 121 Å². The highest BCUT2D eigenvalue weighted by molar-refractivity contribution is 7.51. The van der Waals surface area contributed by atoms with Gasteiger partial charge in [0.2, 0.25) is 0 Å². The first-order valence-electron chi connectivity index (χ1n) is 20.6. The molecule has 3 heterocycles. The zero-order valence-electron chi connectivity index (χ0n) is 35.5. The number of carbonyl (C=O) groups excluding carboxylic acids is 1. The van der Waals surface area contributed by atoms with Crippen molar-refractivity contribution in [2.75, 3.05) is 27.4 Å². The van der Waals surface area contributed by atoms with Crippen molar-refractivity contribution in [2.24, 2.45) is 4.99 Å². The number of benzene rings is 4. The Balaban J connectivity index is 1.29. The van der Waals surface area contributed by atoms with Gasteiger partial charge in [-0.15, -0.1) is 0 Å². The number of ether oxygens (including phenoxy) is 4. The lowest BCUT2D eigenvalue weighted by Gasteiger charge is -2.42. The number of nitrogens with zero attached hydrogens (tertiary/aromatic N) is 5. The lowest BCUT2D eigenvalue weighted by atomic mass is 9.80. The van der Waals surface area contributed by atoms with Gasteiger partial charge >= 0.3 is 0 Å². The number of fused-ring (bicyclic) bond motifs is 1. The molecule has 2 aliphatic rings. The molecule has 2 aliphatic heterocycles. The number of carbonyl (C=O) groups is 1. The first-order valence-corrected chi connectivity index (χ1v) is 21.9. The summed E-state index contributed by atoms with van der Waals surface area (Å²) in [7, 11) is 1.97. The second-order valence-electron chi connectivity index (χ2n) is 15.4. The number of aliphatic imine (C=N–C) groups is 1. The van der Waals surface area contributed by atoms with E-state index in [4.69, 9.17) is 33.4 Å². The Morgan fingerprint density at radius 2 is 1.51 bits per heavy atom. The van der Waals surface area contributed by atoms with Crippen LogP contribution in [0.2, 0.25) is 0 Å². The molecule has 5 aromatic rings. The average Bonchev–Trinajstić information content (AvgIpc) is 3.92. The molecule has 13 nitrogen and oxygen atoms in total.